The molecule has 2 atom stereocenters. The molecule has 4 rings (SSSR count). The molecule has 1 aromatic heterocycles. The highest BCUT2D eigenvalue weighted by Gasteiger charge is 2.21. The second-order valence-electron chi connectivity index (χ2n) is 8.50. The molecule has 0 aliphatic carbocycles. The zero-order chi connectivity index (χ0) is 26.9. The first-order valence-electron chi connectivity index (χ1n) is 11.9. The van der Waals surface area contributed by atoms with Gasteiger partial charge in [-0.1, -0.05) is 72.8 Å². The minimum atomic E-state index is -1.12. The minimum Gasteiger partial charge on any atom is -0.480 e. The number of aromatic nitrogens is 2. The molecule has 3 N–H and O–H groups in total. The van der Waals surface area contributed by atoms with Crippen molar-refractivity contribution in [3.63, 3.8) is 0 Å². The van der Waals surface area contributed by atoms with Crippen LogP contribution < -0.4 is 10.6 Å². The maximum Gasteiger partial charge on any atom is 0.412 e. The van der Waals surface area contributed by atoms with E-state index in [9.17, 15) is 19.5 Å². The fourth-order valence-corrected chi connectivity index (χ4v) is 3.81. The average molecular weight is 511 g/mol. The zero-order valence-corrected chi connectivity index (χ0v) is 20.6. The molecule has 0 spiro atoms. The summed E-state index contributed by atoms with van der Waals surface area (Å²) in [5.41, 5.74) is 3.33. The first-order valence-corrected chi connectivity index (χ1v) is 11.9. The van der Waals surface area contributed by atoms with E-state index in [0.717, 1.165) is 11.1 Å². The Morgan fingerprint density at radius 3 is 2.24 bits per heavy atom. The number of amides is 2. The number of carbonyl (C=O) groups is 3. The fourth-order valence-electron chi connectivity index (χ4n) is 3.81. The van der Waals surface area contributed by atoms with Crippen LogP contribution in [0.2, 0.25) is 0 Å². The number of carboxylic acids is 1. The van der Waals surface area contributed by atoms with Crippen LogP contribution in [0.3, 0.4) is 0 Å². The van der Waals surface area contributed by atoms with Crippen molar-refractivity contribution in [3.05, 3.63) is 114 Å². The van der Waals surface area contributed by atoms with Crippen LogP contribution in [0.25, 0.3) is 11.3 Å². The van der Waals surface area contributed by atoms with Crippen LogP contribution in [0, 0.1) is 0 Å². The third kappa shape index (κ3) is 6.79. The number of ether oxygens (including phenoxy) is 1. The lowest BCUT2D eigenvalue weighted by Gasteiger charge is -2.16. The Balaban J connectivity index is 1.43. The van der Waals surface area contributed by atoms with Crippen molar-refractivity contribution in [2.24, 2.45) is 0 Å². The van der Waals surface area contributed by atoms with Gasteiger partial charge in [-0.3, -0.25) is 10.1 Å². The van der Waals surface area contributed by atoms with Crippen molar-refractivity contribution in [2.45, 2.75) is 25.5 Å². The average Bonchev–Trinajstić information content (AvgIpc) is 2.94. The number of carbonyl (C=O) groups excluding carboxylic acids is 2. The van der Waals surface area contributed by atoms with E-state index in [1.807, 2.05) is 60.7 Å². The fraction of sp³-hybridized carbons (Fsp3) is 0.138. The van der Waals surface area contributed by atoms with E-state index in [1.54, 1.807) is 31.2 Å². The van der Waals surface area contributed by atoms with Gasteiger partial charge in [-0.05, 0) is 30.2 Å². The molecule has 0 radical (unpaired) electrons. The summed E-state index contributed by atoms with van der Waals surface area (Å²) in [4.78, 5) is 45.2. The molecule has 0 saturated heterocycles. The van der Waals surface area contributed by atoms with Crippen molar-refractivity contribution in [1.29, 1.82) is 0 Å². The number of hydrogen-bond acceptors (Lipinski definition) is 6. The molecule has 0 aliphatic rings. The summed E-state index contributed by atoms with van der Waals surface area (Å²) >= 11 is 0. The largest absolute Gasteiger partial charge is 0.480 e. The predicted molar refractivity (Wildman–Crippen MR) is 141 cm³/mol. The van der Waals surface area contributed by atoms with Crippen molar-refractivity contribution in [1.82, 2.24) is 15.3 Å². The number of carboxylic acid groups (broad SMARTS) is 1. The van der Waals surface area contributed by atoms with E-state index >= 15 is 0 Å². The molecule has 3 aromatic carbocycles. The quantitative estimate of drug-likeness (QED) is 0.293. The summed E-state index contributed by atoms with van der Waals surface area (Å²) in [7, 11) is 0. The molecular weight excluding hydrogens is 484 g/mol. The summed E-state index contributed by atoms with van der Waals surface area (Å²) in [6.45, 7) is 1.77. The van der Waals surface area contributed by atoms with E-state index in [2.05, 4.69) is 20.6 Å². The van der Waals surface area contributed by atoms with Gasteiger partial charge in [0.15, 0.2) is 0 Å². The Bertz CT molecular complexity index is 1400. The summed E-state index contributed by atoms with van der Waals surface area (Å²) in [5, 5.41) is 14.8. The SMILES string of the molecule is CC(OC(=O)Nc1cncnc1-c1ccc(C(=O)NC(Cc2ccccc2)C(=O)O)cc1)c1ccccc1. The second-order valence-corrected chi connectivity index (χ2v) is 8.50. The first-order chi connectivity index (χ1) is 18.4. The van der Waals surface area contributed by atoms with Gasteiger partial charge in [0.2, 0.25) is 0 Å². The van der Waals surface area contributed by atoms with Crippen LogP contribution in [0.1, 0.15) is 34.5 Å². The molecule has 9 nitrogen and oxygen atoms in total. The van der Waals surface area contributed by atoms with Gasteiger partial charge in [0.25, 0.3) is 5.91 Å². The van der Waals surface area contributed by atoms with Gasteiger partial charge in [-0.15, -0.1) is 0 Å². The molecule has 0 aliphatic heterocycles. The van der Waals surface area contributed by atoms with Crippen LogP contribution in [0.15, 0.2) is 97.5 Å². The van der Waals surface area contributed by atoms with E-state index in [0.29, 0.717) is 16.9 Å². The van der Waals surface area contributed by atoms with Gasteiger partial charge >= 0.3 is 12.1 Å². The van der Waals surface area contributed by atoms with Crippen molar-refractivity contribution in [3.8, 4) is 11.3 Å². The summed E-state index contributed by atoms with van der Waals surface area (Å²) in [6, 6.07) is 23.8. The van der Waals surface area contributed by atoms with Crippen LogP contribution in [-0.4, -0.2) is 39.1 Å². The van der Waals surface area contributed by atoms with Gasteiger partial charge in [0.1, 0.15) is 18.5 Å². The van der Waals surface area contributed by atoms with Crippen molar-refractivity contribution in [2.75, 3.05) is 5.32 Å². The molecule has 0 saturated carbocycles. The van der Waals surface area contributed by atoms with E-state index in [1.165, 1.54) is 12.5 Å². The van der Waals surface area contributed by atoms with Gasteiger partial charge in [0, 0.05) is 17.5 Å². The number of nitrogens with zero attached hydrogens (tertiary/aromatic N) is 2. The molecule has 0 bridgehead atoms. The van der Waals surface area contributed by atoms with E-state index in [-0.39, 0.29) is 12.0 Å². The maximum absolute atomic E-state index is 12.8. The molecule has 0 fully saturated rings. The number of aliphatic carboxylic acids is 1. The number of anilines is 1. The molecule has 192 valence electrons. The highest BCUT2D eigenvalue weighted by atomic mass is 16.6. The number of nitrogens with one attached hydrogen (secondary N) is 2. The Kier molecular flexibility index (Phi) is 8.40. The monoisotopic (exact) mass is 510 g/mol. The lowest BCUT2D eigenvalue weighted by molar-refractivity contribution is -0.139. The summed E-state index contributed by atoms with van der Waals surface area (Å²) < 4.78 is 5.47. The molecule has 4 aromatic rings. The van der Waals surface area contributed by atoms with Gasteiger partial charge in [-0.2, -0.15) is 0 Å². The maximum atomic E-state index is 12.8. The first kappa shape index (κ1) is 26.0. The number of benzene rings is 3. The lowest BCUT2D eigenvalue weighted by Crippen LogP contribution is -2.42. The number of hydrogen-bond donors (Lipinski definition) is 3. The minimum absolute atomic E-state index is 0.162. The third-order valence-electron chi connectivity index (χ3n) is 5.81. The summed E-state index contributed by atoms with van der Waals surface area (Å²) in [5.74, 6) is -1.64. The molecule has 1 heterocycles. The van der Waals surface area contributed by atoms with Crippen molar-refractivity contribution < 1.29 is 24.2 Å². The van der Waals surface area contributed by atoms with E-state index < -0.39 is 30.1 Å². The Morgan fingerprint density at radius 2 is 1.58 bits per heavy atom. The van der Waals surface area contributed by atoms with Crippen LogP contribution in [-0.2, 0) is 16.0 Å². The molecule has 9 heteroatoms. The number of rotatable bonds is 9. The van der Waals surface area contributed by atoms with Gasteiger partial charge < -0.3 is 15.2 Å². The van der Waals surface area contributed by atoms with Crippen LogP contribution in [0.4, 0.5) is 10.5 Å². The van der Waals surface area contributed by atoms with Crippen LogP contribution in [0.5, 0.6) is 0 Å². The van der Waals surface area contributed by atoms with Gasteiger partial charge in [-0.25, -0.2) is 19.6 Å². The standard InChI is InChI=1S/C29H26N4O5/c1-19(21-10-6-3-7-11-21)38-29(37)33-25-17-30-18-31-26(25)22-12-14-23(15-13-22)27(34)32-24(28(35)36)16-20-8-4-2-5-9-20/h2-15,17-19,24H,16H2,1H3,(H,32,34)(H,33,37)(H,35,36). The van der Waals surface area contributed by atoms with Crippen molar-refractivity contribution >= 4 is 23.7 Å². The molecule has 2 unspecified atom stereocenters. The second kappa shape index (κ2) is 12.3. The highest BCUT2D eigenvalue weighted by molar-refractivity contribution is 5.97. The Morgan fingerprint density at radius 1 is 0.921 bits per heavy atom. The third-order valence-corrected chi connectivity index (χ3v) is 5.81. The molecule has 2 amide bonds. The predicted octanol–water partition coefficient (Wildman–Crippen LogP) is 4.88. The van der Waals surface area contributed by atoms with E-state index in [4.69, 9.17) is 4.74 Å². The lowest BCUT2D eigenvalue weighted by atomic mass is 10.0. The van der Waals surface area contributed by atoms with Crippen LogP contribution >= 0.6 is 0 Å². The summed E-state index contributed by atoms with van der Waals surface area (Å²) in [6.07, 6.45) is 1.85. The Hall–Kier alpha value is -5.05. The zero-order valence-electron chi connectivity index (χ0n) is 20.6. The molecule has 38 heavy (non-hydrogen) atoms. The Labute approximate surface area is 219 Å². The highest BCUT2D eigenvalue weighted by Crippen LogP contribution is 2.26. The van der Waals surface area contributed by atoms with Gasteiger partial charge in [0.05, 0.1) is 17.6 Å². The molecular formula is C29H26N4O5. The topological polar surface area (TPSA) is 131 Å². The smallest absolute Gasteiger partial charge is 0.412 e. The normalized spacial score (nSPS) is 12.1.